The van der Waals surface area contributed by atoms with Crippen molar-refractivity contribution >= 4 is 38.2 Å². The topological polar surface area (TPSA) is 135 Å². The number of morpholine rings is 1. The number of sulfone groups is 1. The van der Waals surface area contributed by atoms with Crippen LogP contribution in [-0.2, 0) is 21.1 Å². The second-order valence-corrected chi connectivity index (χ2v) is 14.6. The number of hydrogen-bond donors (Lipinski definition) is 2. The van der Waals surface area contributed by atoms with Crippen LogP contribution in [0.1, 0.15) is 24.0 Å². The van der Waals surface area contributed by atoms with Crippen molar-refractivity contribution in [1.82, 2.24) is 29.7 Å². The van der Waals surface area contributed by atoms with Gasteiger partial charge in [-0.2, -0.15) is 4.98 Å². The molecule has 2 N–H and O–H groups in total. The van der Waals surface area contributed by atoms with Crippen molar-refractivity contribution in [3.05, 3.63) is 64.2 Å². The van der Waals surface area contributed by atoms with E-state index < -0.39 is 9.84 Å². The second kappa shape index (κ2) is 12.7. The Labute approximate surface area is 268 Å². The number of rotatable bonds is 9. The van der Waals surface area contributed by atoms with Gasteiger partial charge < -0.3 is 20.3 Å². The van der Waals surface area contributed by atoms with Crippen LogP contribution < -0.4 is 21.1 Å². The molecule has 7 rings (SSSR count). The van der Waals surface area contributed by atoms with Crippen LogP contribution in [0.4, 0.5) is 17.3 Å². The Morgan fingerprint density at radius 3 is 2.46 bits per heavy atom. The lowest BCUT2D eigenvalue weighted by Crippen LogP contribution is -2.43. The van der Waals surface area contributed by atoms with Crippen LogP contribution in [0.2, 0.25) is 0 Å². The lowest BCUT2D eigenvalue weighted by Gasteiger charge is -2.30. The molecule has 0 atom stereocenters. The highest BCUT2D eigenvalue weighted by atomic mass is 32.2. The van der Waals surface area contributed by atoms with E-state index in [1.807, 2.05) is 6.07 Å². The zero-order valence-corrected chi connectivity index (χ0v) is 27.1. The van der Waals surface area contributed by atoms with Gasteiger partial charge in [0.05, 0.1) is 34.6 Å². The second-order valence-electron chi connectivity index (χ2n) is 12.4. The molecule has 1 aromatic carbocycles. The van der Waals surface area contributed by atoms with Crippen LogP contribution in [0.25, 0.3) is 22.3 Å². The SMILES string of the molecule is Cc1cc(Nc2ncc3cc(-c4ncc(S(=O)(=O)C5CC5)cc4C)c(=O)n(CCN4CCOCC4)c3n2)ccc1N1CCNCC1. The average molecular weight is 645 g/mol. The summed E-state index contributed by atoms with van der Waals surface area (Å²) in [5.74, 6) is 0.401. The molecule has 3 aromatic heterocycles. The van der Waals surface area contributed by atoms with Crippen LogP contribution in [0.5, 0.6) is 0 Å². The van der Waals surface area contributed by atoms with Gasteiger partial charge in [0.15, 0.2) is 9.84 Å². The highest BCUT2D eigenvalue weighted by Crippen LogP contribution is 2.34. The molecule has 242 valence electrons. The molecule has 5 heterocycles. The van der Waals surface area contributed by atoms with E-state index in [-0.39, 0.29) is 15.7 Å². The smallest absolute Gasteiger partial charge is 0.261 e. The predicted octanol–water partition coefficient (Wildman–Crippen LogP) is 2.89. The third-order valence-corrected chi connectivity index (χ3v) is 11.3. The Balaban J connectivity index is 1.23. The van der Waals surface area contributed by atoms with E-state index in [2.05, 4.69) is 49.5 Å². The molecule has 46 heavy (non-hydrogen) atoms. The van der Waals surface area contributed by atoms with Gasteiger partial charge >= 0.3 is 0 Å². The number of fused-ring (bicyclic) bond motifs is 1. The van der Waals surface area contributed by atoms with Gasteiger partial charge in [-0.05, 0) is 68.1 Å². The van der Waals surface area contributed by atoms with Gasteiger partial charge in [0.1, 0.15) is 5.65 Å². The normalized spacial score (nSPS) is 17.8. The Bertz CT molecular complexity index is 1930. The quantitative estimate of drug-likeness (QED) is 0.279. The van der Waals surface area contributed by atoms with Crippen molar-refractivity contribution in [2.24, 2.45) is 0 Å². The van der Waals surface area contributed by atoms with Crippen LogP contribution in [0.3, 0.4) is 0 Å². The van der Waals surface area contributed by atoms with Crippen molar-refractivity contribution in [3.63, 3.8) is 0 Å². The number of benzene rings is 1. The molecule has 2 aliphatic heterocycles. The first kappa shape index (κ1) is 30.7. The molecule has 4 aromatic rings. The minimum Gasteiger partial charge on any atom is -0.379 e. The fraction of sp³-hybridized carbons (Fsp3) is 0.455. The van der Waals surface area contributed by atoms with Gasteiger partial charge in [-0.25, -0.2) is 13.4 Å². The molecular formula is C33H40N8O4S. The fourth-order valence-corrected chi connectivity index (χ4v) is 8.02. The zero-order chi connectivity index (χ0) is 31.8. The van der Waals surface area contributed by atoms with E-state index in [9.17, 15) is 13.2 Å². The number of ether oxygens (including phenoxy) is 1. The van der Waals surface area contributed by atoms with Crippen molar-refractivity contribution in [3.8, 4) is 11.3 Å². The van der Waals surface area contributed by atoms with Gasteiger partial charge in [0.2, 0.25) is 5.95 Å². The molecule has 0 unspecified atom stereocenters. The molecule has 0 amide bonds. The average Bonchev–Trinajstić information content (AvgIpc) is 3.92. The number of nitrogens with one attached hydrogen (secondary N) is 2. The van der Waals surface area contributed by atoms with Gasteiger partial charge in [0, 0.05) is 81.5 Å². The van der Waals surface area contributed by atoms with Crippen molar-refractivity contribution in [2.45, 2.75) is 43.4 Å². The highest BCUT2D eigenvalue weighted by molar-refractivity contribution is 7.92. The summed E-state index contributed by atoms with van der Waals surface area (Å²) in [6, 6.07) is 9.67. The number of nitrogens with zero attached hydrogens (tertiary/aromatic N) is 6. The first-order valence-corrected chi connectivity index (χ1v) is 17.6. The number of aryl methyl sites for hydroxylation is 2. The maximum Gasteiger partial charge on any atom is 0.261 e. The molecule has 1 aliphatic carbocycles. The summed E-state index contributed by atoms with van der Waals surface area (Å²) < 4.78 is 32.9. The lowest BCUT2D eigenvalue weighted by molar-refractivity contribution is 0.0364. The molecule has 3 aliphatic rings. The Morgan fingerprint density at radius 1 is 0.957 bits per heavy atom. The van der Waals surface area contributed by atoms with Crippen LogP contribution in [-0.4, -0.2) is 97.1 Å². The Kier molecular flexibility index (Phi) is 8.49. The van der Waals surface area contributed by atoms with E-state index in [0.29, 0.717) is 72.9 Å². The van der Waals surface area contributed by atoms with Crippen LogP contribution in [0, 0.1) is 13.8 Å². The largest absolute Gasteiger partial charge is 0.379 e. The van der Waals surface area contributed by atoms with Crippen molar-refractivity contribution < 1.29 is 13.2 Å². The monoisotopic (exact) mass is 644 g/mol. The maximum absolute atomic E-state index is 14.2. The van der Waals surface area contributed by atoms with Gasteiger partial charge in [-0.1, -0.05) is 0 Å². The molecule has 0 radical (unpaired) electrons. The standard InChI is InChI=1S/C33H40N8O4S/c1-22-17-25(3-6-29(22)40-9-7-34-8-10-40)37-33-36-20-24-19-28(30-23(2)18-27(21-35-30)46(43,44)26-4-5-26)32(42)41(31(24)38-33)12-11-39-13-15-45-16-14-39/h3,6,17-21,26,34H,4-5,7-16H2,1-2H3,(H,36,37,38). The maximum atomic E-state index is 14.2. The Morgan fingerprint density at radius 2 is 1.74 bits per heavy atom. The highest BCUT2D eigenvalue weighted by Gasteiger charge is 2.37. The lowest BCUT2D eigenvalue weighted by atomic mass is 10.1. The number of piperazine rings is 1. The molecule has 2 saturated heterocycles. The number of aromatic nitrogens is 4. The summed E-state index contributed by atoms with van der Waals surface area (Å²) in [6.07, 6.45) is 4.47. The third kappa shape index (κ3) is 6.24. The number of anilines is 3. The van der Waals surface area contributed by atoms with Gasteiger partial charge in [-0.3, -0.25) is 19.2 Å². The predicted molar refractivity (Wildman–Crippen MR) is 179 cm³/mol. The van der Waals surface area contributed by atoms with E-state index in [4.69, 9.17) is 9.72 Å². The zero-order valence-electron chi connectivity index (χ0n) is 26.3. The van der Waals surface area contributed by atoms with Crippen LogP contribution in [0.15, 0.2) is 52.4 Å². The minimum atomic E-state index is -3.40. The minimum absolute atomic E-state index is 0.208. The van der Waals surface area contributed by atoms with Crippen molar-refractivity contribution in [1.29, 1.82) is 0 Å². The van der Waals surface area contributed by atoms with E-state index in [1.165, 1.54) is 17.4 Å². The summed E-state index contributed by atoms with van der Waals surface area (Å²) >= 11 is 0. The molecule has 0 bridgehead atoms. The first-order valence-electron chi connectivity index (χ1n) is 16.0. The summed E-state index contributed by atoms with van der Waals surface area (Å²) in [5, 5.41) is 7.11. The third-order valence-electron chi connectivity index (χ3n) is 9.08. The van der Waals surface area contributed by atoms with Gasteiger partial charge in [-0.15, -0.1) is 0 Å². The Hall–Kier alpha value is -3.91. The molecule has 1 saturated carbocycles. The molecule has 3 fully saturated rings. The summed E-state index contributed by atoms with van der Waals surface area (Å²) in [5.41, 5.74) is 5.05. The van der Waals surface area contributed by atoms with E-state index in [0.717, 1.165) is 45.0 Å². The van der Waals surface area contributed by atoms with Crippen LogP contribution >= 0.6 is 0 Å². The number of pyridine rings is 2. The molecular weight excluding hydrogens is 604 g/mol. The molecule has 13 heteroatoms. The summed E-state index contributed by atoms with van der Waals surface area (Å²) in [7, 11) is -3.40. The van der Waals surface area contributed by atoms with E-state index in [1.54, 1.807) is 29.8 Å². The summed E-state index contributed by atoms with van der Waals surface area (Å²) in [4.78, 5) is 33.0. The first-order chi connectivity index (χ1) is 22.3. The molecule has 0 spiro atoms. The fourth-order valence-electron chi connectivity index (χ4n) is 6.34. The van der Waals surface area contributed by atoms with E-state index >= 15 is 0 Å². The number of hydrogen-bond acceptors (Lipinski definition) is 11. The van der Waals surface area contributed by atoms with Crippen molar-refractivity contribution in [2.75, 3.05) is 69.2 Å². The summed E-state index contributed by atoms with van der Waals surface area (Å²) in [6.45, 7) is 11.8. The molecule has 12 nitrogen and oxygen atoms in total. The van der Waals surface area contributed by atoms with Gasteiger partial charge in [0.25, 0.3) is 5.56 Å².